The molecule has 2 aliphatic heterocycles. The topological polar surface area (TPSA) is 69.6 Å². The molecule has 102 valence electrons. The number of hydrogen-bond donors (Lipinski definition) is 2. The lowest BCUT2D eigenvalue weighted by molar-refractivity contribution is -0.148. The van der Waals surface area contributed by atoms with Crippen molar-refractivity contribution in [3.8, 4) is 0 Å². The molecule has 0 radical (unpaired) electrons. The summed E-state index contributed by atoms with van der Waals surface area (Å²) >= 11 is 0. The first-order valence-electron chi connectivity index (χ1n) is 6.81. The summed E-state index contributed by atoms with van der Waals surface area (Å²) in [6.07, 6.45) is 3.85. The fourth-order valence-corrected chi connectivity index (χ4v) is 3.10. The molecule has 0 bridgehead atoms. The molecule has 0 aromatic heterocycles. The Morgan fingerprint density at radius 3 is 3.00 bits per heavy atom. The second kappa shape index (κ2) is 5.26. The van der Waals surface area contributed by atoms with Gasteiger partial charge in [0.2, 0.25) is 5.91 Å². The van der Waals surface area contributed by atoms with E-state index in [0.717, 1.165) is 25.9 Å². The first kappa shape index (κ1) is 13.3. The number of rotatable bonds is 3. The molecule has 2 fully saturated rings. The number of hydrogen-bond acceptors (Lipinski definition) is 3. The zero-order valence-corrected chi connectivity index (χ0v) is 10.9. The van der Waals surface area contributed by atoms with E-state index in [-0.39, 0.29) is 11.9 Å². The average molecular weight is 254 g/mol. The monoisotopic (exact) mass is 254 g/mol. The van der Waals surface area contributed by atoms with Crippen LogP contribution in [-0.4, -0.2) is 47.6 Å². The standard InChI is InChI=1S/C13H22N2O3/c1-2-13(12(17)18)5-7-15(9-13)10-4-3-6-14-11(16)8-10/h10H,2-9H2,1H3,(H,14,16)(H,17,18). The summed E-state index contributed by atoms with van der Waals surface area (Å²) in [6, 6.07) is 0.222. The summed E-state index contributed by atoms with van der Waals surface area (Å²) < 4.78 is 0. The molecule has 0 aromatic carbocycles. The number of carbonyl (C=O) groups excluding carboxylic acids is 1. The molecule has 18 heavy (non-hydrogen) atoms. The van der Waals surface area contributed by atoms with Crippen LogP contribution in [0.4, 0.5) is 0 Å². The fraction of sp³-hybridized carbons (Fsp3) is 0.846. The lowest BCUT2D eigenvalue weighted by Crippen LogP contribution is -2.39. The van der Waals surface area contributed by atoms with Gasteiger partial charge in [-0.15, -0.1) is 0 Å². The van der Waals surface area contributed by atoms with Gasteiger partial charge in [0, 0.05) is 25.6 Å². The molecular formula is C13H22N2O3. The van der Waals surface area contributed by atoms with E-state index in [9.17, 15) is 14.7 Å². The van der Waals surface area contributed by atoms with E-state index in [0.29, 0.717) is 25.8 Å². The smallest absolute Gasteiger partial charge is 0.310 e. The highest BCUT2D eigenvalue weighted by Crippen LogP contribution is 2.36. The minimum Gasteiger partial charge on any atom is -0.481 e. The molecule has 2 heterocycles. The van der Waals surface area contributed by atoms with Gasteiger partial charge in [0.1, 0.15) is 0 Å². The average Bonchev–Trinajstić information content (AvgIpc) is 2.68. The van der Waals surface area contributed by atoms with Gasteiger partial charge >= 0.3 is 5.97 Å². The Morgan fingerprint density at radius 2 is 2.39 bits per heavy atom. The van der Waals surface area contributed by atoms with Crippen molar-refractivity contribution in [2.24, 2.45) is 5.41 Å². The molecule has 2 atom stereocenters. The number of carboxylic acids is 1. The summed E-state index contributed by atoms with van der Waals surface area (Å²) in [5, 5.41) is 12.3. The zero-order chi connectivity index (χ0) is 13.2. The Kier molecular flexibility index (Phi) is 3.90. The van der Waals surface area contributed by atoms with E-state index in [1.165, 1.54) is 0 Å². The summed E-state index contributed by atoms with van der Waals surface area (Å²) in [5.41, 5.74) is -0.594. The third-order valence-corrected chi connectivity index (χ3v) is 4.49. The van der Waals surface area contributed by atoms with E-state index in [4.69, 9.17) is 0 Å². The summed E-state index contributed by atoms with van der Waals surface area (Å²) in [6.45, 7) is 4.09. The summed E-state index contributed by atoms with van der Waals surface area (Å²) in [5.74, 6) is -0.590. The SMILES string of the molecule is CCC1(C(=O)O)CCN(C2CCCNC(=O)C2)C1. The van der Waals surface area contributed by atoms with Crippen molar-refractivity contribution < 1.29 is 14.7 Å². The van der Waals surface area contributed by atoms with Gasteiger partial charge < -0.3 is 10.4 Å². The van der Waals surface area contributed by atoms with Crippen molar-refractivity contribution in [2.75, 3.05) is 19.6 Å². The Morgan fingerprint density at radius 1 is 1.61 bits per heavy atom. The van der Waals surface area contributed by atoms with Crippen LogP contribution in [0, 0.1) is 5.41 Å². The van der Waals surface area contributed by atoms with Gasteiger partial charge in [0.15, 0.2) is 0 Å². The third kappa shape index (κ3) is 2.51. The van der Waals surface area contributed by atoms with Crippen LogP contribution >= 0.6 is 0 Å². The largest absolute Gasteiger partial charge is 0.481 e. The summed E-state index contributed by atoms with van der Waals surface area (Å²) in [4.78, 5) is 25.2. The molecule has 5 heteroatoms. The number of likely N-dealkylation sites (tertiary alicyclic amines) is 1. The van der Waals surface area contributed by atoms with Gasteiger partial charge in [0.05, 0.1) is 5.41 Å². The van der Waals surface area contributed by atoms with Crippen molar-refractivity contribution in [1.82, 2.24) is 10.2 Å². The molecule has 2 rings (SSSR count). The quantitative estimate of drug-likeness (QED) is 0.783. The first-order chi connectivity index (χ1) is 8.57. The number of carbonyl (C=O) groups is 2. The highest BCUT2D eigenvalue weighted by Gasteiger charge is 2.45. The van der Waals surface area contributed by atoms with Crippen LogP contribution in [-0.2, 0) is 9.59 Å². The van der Waals surface area contributed by atoms with E-state index >= 15 is 0 Å². The van der Waals surface area contributed by atoms with E-state index < -0.39 is 11.4 Å². The van der Waals surface area contributed by atoms with Gasteiger partial charge in [-0.05, 0) is 32.2 Å². The predicted molar refractivity (Wildman–Crippen MR) is 67.2 cm³/mol. The fourth-order valence-electron chi connectivity index (χ4n) is 3.10. The minimum absolute atomic E-state index is 0.0989. The normalized spacial score (nSPS) is 34.1. The highest BCUT2D eigenvalue weighted by molar-refractivity contribution is 5.77. The molecule has 2 aliphatic rings. The predicted octanol–water partition coefficient (Wildman–Crippen LogP) is 0.842. The van der Waals surface area contributed by atoms with Gasteiger partial charge in [-0.3, -0.25) is 14.5 Å². The van der Waals surface area contributed by atoms with E-state index in [1.54, 1.807) is 0 Å². The van der Waals surface area contributed by atoms with E-state index in [1.807, 2.05) is 6.92 Å². The van der Waals surface area contributed by atoms with Crippen molar-refractivity contribution in [3.05, 3.63) is 0 Å². The van der Waals surface area contributed by atoms with Crippen molar-refractivity contribution in [3.63, 3.8) is 0 Å². The Hall–Kier alpha value is -1.10. The number of nitrogens with one attached hydrogen (secondary N) is 1. The molecular weight excluding hydrogens is 232 g/mol. The molecule has 2 N–H and O–H groups in total. The van der Waals surface area contributed by atoms with Crippen LogP contribution in [0.25, 0.3) is 0 Å². The maximum absolute atomic E-state index is 11.6. The first-order valence-corrected chi connectivity index (χ1v) is 6.81. The van der Waals surface area contributed by atoms with Crippen molar-refractivity contribution in [1.29, 1.82) is 0 Å². The maximum atomic E-state index is 11.6. The Bertz CT molecular complexity index is 345. The molecule has 2 saturated heterocycles. The van der Waals surface area contributed by atoms with Crippen LogP contribution in [0.15, 0.2) is 0 Å². The number of carboxylic acid groups (broad SMARTS) is 1. The highest BCUT2D eigenvalue weighted by atomic mass is 16.4. The molecule has 5 nitrogen and oxygen atoms in total. The van der Waals surface area contributed by atoms with Crippen LogP contribution in [0.2, 0.25) is 0 Å². The van der Waals surface area contributed by atoms with Gasteiger partial charge in [-0.1, -0.05) is 6.92 Å². The lowest BCUT2D eigenvalue weighted by atomic mass is 9.84. The Balaban J connectivity index is 2.03. The number of amides is 1. The van der Waals surface area contributed by atoms with Crippen LogP contribution in [0.5, 0.6) is 0 Å². The summed E-state index contributed by atoms with van der Waals surface area (Å²) in [7, 11) is 0. The molecule has 0 aliphatic carbocycles. The van der Waals surface area contributed by atoms with E-state index in [2.05, 4.69) is 10.2 Å². The molecule has 2 unspecified atom stereocenters. The van der Waals surface area contributed by atoms with Crippen LogP contribution in [0.3, 0.4) is 0 Å². The number of nitrogens with zero attached hydrogens (tertiary/aromatic N) is 1. The molecule has 1 amide bonds. The molecule has 0 spiro atoms. The second-order valence-electron chi connectivity index (χ2n) is 5.51. The lowest BCUT2D eigenvalue weighted by Gasteiger charge is -2.28. The minimum atomic E-state index is -0.689. The molecule has 0 saturated carbocycles. The third-order valence-electron chi connectivity index (χ3n) is 4.49. The van der Waals surface area contributed by atoms with Crippen molar-refractivity contribution in [2.45, 2.75) is 45.1 Å². The van der Waals surface area contributed by atoms with Gasteiger partial charge in [0.25, 0.3) is 0 Å². The van der Waals surface area contributed by atoms with Crippen molar-refractivity contribution >= 4 is 11.9 Å². The zero-order valence-electron chi connectivity index (χ0n) is 10.9. The second-order valence-corrected chi connectivity index (χ2v) is 5.51. The van der Waals surface area contributed by atoms with Crippen LogP contribution in [0.1, 0.15) is 39.0 Å². The Labute approximate surface area is 108 Å². The van der Waals surface area contributed by atoms with Crippen LogP contribution < -0.4 is 5.32 Å². The van der Waals surface area contributed by atoms with Gasteiger partial charge in [-0.25, -0.2) is 0 Å². The molecule has 0 aromatic rings. The maximum Gasteiger partial charge on any atom is 0.310 e. The van der Waals surface area contributed by atoms with Gasteiger partial charge in [-0.2, -0.15) is 0 Å². The number of aliphatic carboxylic acids is 1.